The SMILES string of the molecule is CCc1cc2c(-c3c(OC)cc(OC)cc3OC)cccc2[cH-]1.CCc1cc2c(-c3c(OC)cc(OC)cc3OC)cccc2[cH-]1.C[Si]C.[Cl][Zr+2][Cl]. The Morgan fingerprint density at radius 2 is 0.846 bits per heavy atom. The van der Waals surface area contributed by atoms with E-state index >= 15 is 0 Å². The molecule has 6 rings (SSSR count). The van der Waals surface area contributed by atoms with Crippen molar-refractivity contribution in [3.63, 3.8) is 0 Å². The van der Waals surface area contributed by atoms with Gasteiger partial charge in [0.15, 0.2) is 0 Å². The van der Waals surface area contributed by atoms with Crippen LogP contribution in [0.3, 0.4) is 0 Å². The number of fused-ring (bicyclic) bond motifs is 2. The van der Waals surface area contributed by atoms with Gasteiger partial charge in [0, 0.05) is 33.8 Å². The van der Waals surface area contributed by atoms with Gasteiger partial charge in [0.1, 0.15) is 34.5 Å². The molecule has 0 atom stereocenters. The third-order valence-electron chi connectivity index (χ3n) is 8.41. The summed E-state index contributed by atoms with van der Waals surface area (Å²) >= 11 is -0.826. The van der Waals surface area contributed by atoms with Gasteiger partial charge in [0.05, 0.1) is 53.8 Å². The number of benzene rings is 4. The zero-order valence-electron chi connectivity index (χ0n) is 31.7. The molecule has 0 saturated heterocycles. The van der Waals surface area contributed by atoms with Crippen LogP contribution in [0.5, 0.6) is 34.5 Å². The van der Waals surface area contributed by atoms with Gasteiger partial charge in [-0.05, 0) is 12.8 Å². The Kier molecular flexibility index (Phi) is 18.1. The van der Waals surface area contributed by atoms with Crippen LogP contribution in [0.15, 0.2) is 84.9 Å². The van der Waals surface area contributed by atoms with Gasteiger partial charge < -0.3 is 28.4 Å². The quantitative estimate of drug-likeness (QED) is 0.101. The normalized spacial score (nSPS) is 10.1. The standard InChI is InChI=1S/2C20H21O3.C2H6Si.2ClH.Zr/c2*1-5-13-9-14-7-6-8-16(17(14)10-13)20-18(22-3)11-15(21-2)12-19(20)23-4;1-3-2;;;/h2*6-12H,5H2,1-4H3;1-2H3;2*1H;/q2*-1;;;;+4/p-2. The molecular formula is C42H48Cl2O6SiZr. The minimum absolute atomic E-state index is 0.714. The molecule has 0 N–H and O–H groups in total. The summed E-state index contributed by atoms with van der Waals surface area (Å²) in [6, 6.07) is 29.1. The predicted octanol–water partition coefficient (Wildman–Crippen LogP) is 11.8. The van der Waals surface area contributed by atoms with Gasteiger partial charge in [-0.3, -0.25) is 0 Å². The summed E-state index contributed by atoms with van der Waals surface area (Å²) in [6.07, 6.45) is 2.04. The van der Waals surface area contributed by atoms with Crippen LogP contribution in [-0.4, -0.2) is 52.2 Å². The average molecular weight is 839 g/mol. The first kappa shape index (κ1) is 43.0. The summed E-state index contributed by atoms with van der Waals surface area (Å²) in [7, 11) is 20.9. The molecule has 0 saturated carbocycles. The van der Waals surface area contributed by atoms with Gasteiger partial charge in [0.2, 0.25) is 0 Å². The average Bonchev–Trinajstić information content (AvgIpc) is 3.82. The van der Waals surface area contributed by atoms with Crippen molar-refractivity contribution in [3.05, 3.63) is 96.1 Å². The van der Waals surface area contributed by atoms with Gasteiger partial charge in [-0.15, -0.1) is 69.1 Å². The Hall–Kier alpha value is -3.42. The van der Waals surface area contributed by atoms with E-state index < -0.39 is 20.8 Å². The van der Waals surface area contributed by atoms with Crippen LogP contribution in [0.1, 0.15) is 25.0 Å². The van der Waals surface area contributed by atoms with Crippen molar-refractivity contribution in [2.45, 2.75) is 39.8 Å². The number of hydrogen-bond acceptors (Lipinski definition) is 6. The molecule has 0 aromatic heterocycles. The van der Waals surface area contributed by atoms with Crippen molar-refractivity contribution in [2.24, 2.45) is 0 Å². The molecule has 6 aromatic rings. The number of halogens is 2. The van der Waals surface area contributed by atoms with Crippen LogP contribution < -0.4 is 28.4 Å². The molecule has 6 aromatic carbocycles. The summed E-state index contributed by atoms with van der Waals surface area (Å²) in [5.41, 5.74) is 6.79. The second-order valence-corrected chi connectivity index (χ2v) is 16.2. The third kappa shape index (κ3) is 10.4. The second kappa shape index (κ2) is 21.9. The maximum absolute atomic E-state index is 5.61. The monoisotopic (exact) mass is 836 g/mol. The van der Waals surface area contributed by atoms with Crippen molar-refractivity contribution < 1.29 is 49.3 Å². The summed E-state index contributed by atoms with van der Waals surface area (Å²) in [5, 5.41) is 4.90. The Morgan fingerprint density at radius 1 is 0.538 bits per heavy atom. The van der Waals surface area contributed by atoms with E-state index in [1.807, 2.05) is 24.3 Å². The van der Waals surface area contributed by atoms with Crippen LogP contribution in [0.2, 0.25) is 13.1 Å². The molecule has 0 aliphatic carbocycles. The fraction of sp³-hybridized carbons (Fsp3) is 0.286. The molecule has 0 spiro atoms. The van der Waals surface area contributed by atoms with Gasteiger partial charge in [-0.2, -0.15) is 12.1 Å². The topological polar surface area (TPSA) is 55.4 Å². The van der Waals surface area contributed by atoms with Gasteiger partial charge in [-0.25, -0.2) is 0 Å². The van der Waals surface area contributed by atoms with E-state index in [2.05, 4.69) is 87.6 Å². The second-order valence-electron chi connectivity index (χ2n) is 11.4. The van der Waals surface area contributed by atoms with Crippen LogP contribution in [0.25, 0.3) is 43.8 Å². The molecule has 0 aliphatic heterocycles. The minimum atomic E-state index is -0.826. The molecule has 6 nitrogen and oxygen atoms in total. The molecule has 274 valence electrons. The molecule has 10 heteroatoms. The number of rotatable bonds is 10. The van der Waals surface area contributed by atoms with E-state index in [9.17, 15) is 0 Å². The fourth-order valence-electron chi connectivity index (χ4n) is 5.98. The summed E-state index contributed by atoms with van der Waals surface area (Å²) in [6.45, 7) is 8.64. The Bertz CT molecular complexity index is 1810. The summed E-state index contributed by atoms with van der Waals surface area (Å²) in [5.74, 6) is 4.40. The molecule has 0 aliphatic rings. The number of aryl methyl sites for hydroxylation is 2. The summed E-state index contributed by atoms with van der Waals surface area (Å²) in [4.78, 5) is 0. The molecule has 0 amide bonds. The van der Waals surface area contributed by atoms with Crippen molar-refractivity contribution >= 4 is 48.1 Å². The van der Waals surface area contributed by atoms with Gasteiger partial charge >= 0.3 is 37.9 Å². The van der Waals surface area contributed by atoms with E-state index in [0.29, 0.717) is 11.5 Å². The van der Waals surface area contributed by atoms with Crippen molar-refractivity contribution in [2.75, 3.05) is 42.7 Å². The fourth-order valence-corrected chi connectivity index (χ4v) is 5.98. The van der Waals surface area contributed by atoms with E-state index in [-0.39, 0.29) is 0 Å². The first-order valence-electron chi connectivity index (χ1n) is 16.8. The van der Waals surface area contributed by atoms with E-state index in [1.165, 1.54) is 32.7 Å². The Labute approximate surface area is 330 Å². The van der Waals surface area contributed by atoms with Crippen molar-refractivity contribution in [1.82, 2.24) is 0 Å². The zero-order chi connectivity index (χ0) is 38.2. The molecule has 0 fully saturated rings. The van der Waals surface area contributed by atoms with Crippen LogP contribution >= 0.6 is 17.0 Å². The third-order valence-corrected chi connectivity index (χ3v) is 8.41. The number of hydrogen-bond donors (Lipinski definition) is 0. The van der Waals surface area contributed by atoms with Crippen molar-refractivity contribution in [3.8, 4) is 56.8 Å². The molecule has 2 radical (unpaired) electrons. The van der Waals surface area contributed by atoms with E-state index in [0.717, 1.165) is 67.6 Å². The van der Waals surface area contributed by atoms with E-state index in [4.69, 9.17) is 45.4 Å². The molecule has 0 unspecified atom stereocenters. The van der Waals surface area contributed by atoms with Gasteiger partial charge in [0.25, 0.3) is 0 Å². The summed E-state index contributed by atoms with van der Waals surface area (Å²) < 4.78 is 33.1. The first-order chi connectivity index (χ1) is 25.2. The molecule has 0 heterocycles. The predicted molar refractivity (Wildman–Crippen MR) is 217 cm³/mol. The van der Waals surface area contributed by atoms with E-state index in [1.54, 1.807) is 42.7 Å². The molecule has 52 heavy (non-hydrogen) atoms. The number of ether oxygens (including phenoxy) is 6. The maximum atomic E-state index is 5.61. The zero-order valence-corrected chi connectivity index (χ0v) is 36.7. The Morgan fingerprint density at radius 3 is 1.10 bits per heavy atom. The van der Waals surface area contributed by atoms with Crippen LogP contribution in [0.4, 0.5) is 0 Å². The van der Waals surface area contributed by atoms with Gasteiger partial charge in [-0.1, -0.05) is 50.2 Å². The molecule has 0 bridgehead atoms. The first-order valence-corrected chi connectivity index (χ1v) is 25.1. The van der Waals surface area contributed by atoms with Crippen molar-refractivity contribution in [1.29, 1.82) is 0 Å². The van der Waals surface area contributed by atoms with Crippen LogP contribution in [-0.2, 0) is 33.7 Å². The van der Waals surface area contributed by atoms with Crippen LogP contribution in [0, 0.1) is 0 Å². The molecular weight excluding hydrogens is 791 g/mol. The Balaban J connectivity index is 0.000000244. The number of methoxy groups -OCH3 is 6.